The molecule has 0 rings (SSSR count). The Bertz CT molecular complexity index is 600. The molecule has 0 amide bonds. The van der Waals surface area contributed by atoms with Gasteiger partial charge in [-0.15, -0.1) is 0 Å². The Labute approximate surface area is 262 Å². The molecular weight excluding hydrogens is 753 g/mol. The van der Waals surface area contributed by atoms with Crippen molar-refractivity contribution in [3.8, 4) is 0 Å². The maximum absolute atomic E-state index is 9.00. The predicted molar refractivity (Wildman–Crippen MR) is 85.6 cm³/mol. The molecule has 3 N–H and O–H groups in total. The largest absolute Gasteiger partial charge is 3.00 e. The van der Waals surface area contributed by atoms with E-state index in [0.717, 1.165) is 0 Å². The Morgan fingerprint density at radius 1 is 0.316 bits per heavy atom. The van der Waals surface area contributed by atoms with Crippen LogP contribution in [0.3, 0.4) is 0 Å². The molecule has 27 nitrogen and oxygen atoms in total. The van der Waals surface area contributed by atoms with E-state index in [4.69, 9.17) is 117 Å². The molecule has 0 radical (unpaired) electrons. The first-order chi connectivity index (χ1) is 13.7. The van der Waals surface area contributed by atoms with Gasteiger partial charge in [0.25, 0.3) is 0 Å². The first kappa shape index (κ1) is 73.0. The van der Waals surface area contributed by atoms with Crippen LogP contribution in [0.15, 0.2) is 0 Å². The van der Waals surface area contributed by atoms with Crippen LogP contribution < -0.4 is 73.4 Å². The molecule has 38 heavy (non-hydrogen) atoms. The number of phosphoric acid groups is 6. The zero-order valence-electron chi connectivity index (χ0n) is 16.7. The molecule has 0 saturated carbocycles. The van der Waals surface area contributed by atoms with Crippen LogP contribution in [0.25, 0.3) is 0 Å². The maximum atomic E-state index is 9.00. The van der Waals surface area contributed by atoms with Gasteiger partial charge in [0.1, 0.15) is 0 Å². The van der Waals surface area contributed by atoms with Gasteiger partial charge in [0, 0.05) is 0 Å². The third-order valence-electron chi connectivity index (χ3n) is 0.300. The summed E-state index contributed by atoms with van der Waals surface area (Å²) in [4.78, 5) is 131. The molecule has 0 bridgehead atoms. The van der Waals surface area contributed by atoms with Crippen molar-refractivity contribution in [3.63, 3.8) is 0 Å². The topological polar surface area (TPSA) is 537 Å². The Kier molecular flexibility index (Phi) is 66.6. The molecule has 0 aromatic rings. The molecule has 0 spiro atoms. The number of hydrogen-bond acceptors (Lipinski definition) is 27. The molecule has 0 heterocycles. The Balaban J connectivity index is -0.0000000250. The van der Waals surface area contributed by atoms with Crippen molar-refractivity contribution in [1.29, 1.82) is 0 Å². The molecule has 210 valence electrons. The molecule has 0 aromatic carbocycles. The molecular formula is H3Al5O27P6. The quantitative estimate of drug-likeness (QED) is 0.104. The van der Waals surface area contributed by atoms with Gasteiger partial charge in [0.05, 0.1) is 23.5 Å². The summed E-state index contributed by atoms with van der Waals surface area (Å²) >= 11 is 0. The summed E-state index contributed by atoms with van der Waals surface area (Å²) in [6.45, 7) is 0. The van der Waals surface area contributed by atoms with Crippen LogP contribution in [0.4, 0.5) is 0 Å². The van der Waals surface area contributed by atoms with Crippen molar-refractivity contribution < 1.29 is 131 Å². The zero-order valence-corrected chi connectivity index (χ0v) is 27.8. The van der Waals surface area contributed by atoms with E-state index in [-0.39, 0.29) is 86.8 Å². The minimum absolute atomic E-state index is 0. The molecule has 0 aliphatic carbocycles. The van der Waals surface area contributed by atoms with Crippen LogP contribution in [0, 0.1) is 0 Å². The summed E-state index contributed by atoms with van der Waals surface area (Å²) in [5.74, 6) is 0. The van der Waals surface area contributed by atoms with E-state index in [1.807, 2.05) is 0 Å². The maximum Gasteiger partial charge on any atom is 3.00 e. The van der Waals surface area contributed by atoms with E-state index in [1.54, 1.807) is 0 Å². The van der Waals surface area contributed by atoms with Crippen molar-refractivity contribution in [3.05, 3.63) is 0 Å². The monoisotopic (exact) mass is 756 g/mol. The van der Waals surface area contributed by atoms with Gasteiger partial charge in [-0.2, -0.15) is 23.5 Å². The van der Waals surface area contributed by atoms with E-state index in [9.17, 15) is 0 Å². The molecule has 0 atom stereocenters. The van der Waals surface area contributed by atoms with Crippen LogP contribution >= 0.6 is 46.9 Å². The molecule has 0 saturated heterocycles. The predicted octanol–water partition coefficient (Wildman–Crippen LogP) is -15.5. The van der Waals surface area contributed by atoms with Crippen LogP contribution in [0.2, 0.25) is 0 Å². The second-order valence-corrected chi connectivity index (χ2v) is 8.78. The SMILES string of the molecule is O=P([O-])([O-])OO.O=P([O-])([O-])OO.O=P([O-])([O-])OO.O=P([O-])([O-])[O-].O=P([O-])([O-])[O-].O=P([O-])([O-])[O-].[Al+3].[Al+3].[Al+3].[Al+3].[Al+3]. The Morgan fingerprint density at radius 3 is 0.342 bits per heavy atom. The van der Waals surface area contributed by atoms with Crippen LogP contribution in [-0.2, 0) is 41.4 Å². The minimum Gasteiger partial charge on any atom is -0.822 e. The fraction of sp³-hybridized carbons (Fsp3) is 0. The van der Waals surface area contributed by atoms with Crippen molar-refractivity contribution >= 4 is 134 Å². The second kappa shape index (κ2) is 34.7. The van der Waals surface area contributed by atoms with E-state index in [0.29, 0.717) is 0 Å². The van der Waals surface area contributed by atoms with Gasteiger partial charge in [-0.3, -0.25) is 0 Å². The van der Waals surface area contributed by atoms with Gasteiger partial charge < -0.3 is 101 Å². The summed E-state index contributed by atoms with van der Waals surface area (Å²) < 4.78 is 59.8. The van der Waals surface area contributed by atoms with Gasteiger partial charge in [0.15, 0.2) is 0 Å². The number of hydrogen-bond donors (Lipinski definition) is 3. The second-order valence-electron chi connectivity index (χ2n) is 2.93. The van der Waals surface area contributed by atoms with Gasteiger partial charge in [0.2, 0.25) is 0 Å². The van der Waals surface area contributed by atoms with Crippen LogP contribution in [-0.4, -0.2) is 103 Å². The third-order valence-corrected chi connectivity index (χ3v) is 0.900. The average Bonchev–Trinajstić information content (AvgIpc) is 2.41. The standard InChI is InChI=1S/5Al.3H3O5P.3H3O4P/c;;;;;3*1-5-6(2,3)4;3*1-5(2,3)4/h;;;;;3*1H,(H2,2,3,4);3*(H3,1,2,3,4)/q5*+3;;;;;;/p-15. The molecule has 0 unspecified atom stereocenters. The fourth-order valence-corrected chi connectivity index (χ4v) is 0. The minimum atomic E-state index is -5.39. The average molecular weight is 756 g/mol. The Hall–Kier alpha value is 3.20. The first-order valence-electron chi connectivity index (χ1n) is 4.93. The normalized spacial score (nSPS) is 10.3. The summed E-state index contributed by atoms with van der Waals surface area (Å²) in [5, 5.41) is 21.0. The summed E-state index contributed by atoms with van der Waals surface area (Å²) in [5.41, 5.74) is 0. The first-order valence-corrected chi connectivity index (χ1v) is 13.7. The fourth-order valence-electron chi connectivity index (χ4n) is 0. The van der Waals surface area contributed by atoms with E-state index in [2.05, 4.69) is 14.0 Å². The smallest absolute Gasteiger partial charge is 0.822 e. The van der Waals surface area contributed by atoms with E-state index >= 15 is 0 Å². The third kappa shape index (κ3) is 384. The summed E-state index contributed by atoms with van der Waals surface area (Å²) in [6.07, 6.45) is 0. The van der Waals surface area contributed by atoms with Crippen molar-refractivity contribution in [1.82, 2.24) is 0 Å². The van der Waals surface area contributed by atoms with Crippen molar-refractivity contribution in [2.24, 2.45) is 0 Å². The van der Waals surface area contributed by atoms with Gasteiger partial charge in [-0.1, -0.05) is 0 Å². The van der Waals surface area contributed by atoms with E-state index < -0.39 is 46.9 Å². The summed E-state index contributed by atoms with van der Waals surface area (Å²) in [6, 6.07) is 0. The summed E-state index contributed by atoms with van der Waals surface area (Å²) in [7, 11) is -31.4. The van der Waals surface area contributed by atoms with Gasteiger partial charge >= 0.3 is 86.8 Å². The van der Waals surface area contributed by atoms with E-state index in [1.165, 1.54) is 0 Å². The van der Waals surface area contributed by atoms with Crippen molar-refractivity contribution in [2.45, 2.75) is 0 Å². The molecule has 38 heteroatoms. The zero-order chi connectivity index (χ0) is 29.1. The Morgan fingerprint density at radius 2 is 0.342 bits per heavy atom. The molecule has 0 fully saturated rings. The van der Waals surface area contributed by atoms with Crippen molar-refractivity contribution in [2.75, 3.05) is 0 Å². The van der Waals surface area contributed by atoms with Crippen LogP contribution in [0.1, 0.15) is 0 Å². The van der Waals surface area contributed by atoms with Gasteiger partial charge in [-0.05, 0) is 0 Å². The number of rotatable bonds is 3. The molecule has 0 aliphatic heterocycles. The van der Waals surface area contributed by atoms with Crippen LogP contribution in [0.5, 0.6) is 0 Å². The molecule has 0 aliphatic rings. The molecule has 0 aromatic heterocycles. The van der Waals surface area contributed by atoms with Gasteiger partial charge in [-0.25, -0.2) is 29.8 Å².